The highest BCUT2D eigenvalue weighted by Crippen LogP contribution is 2.39. The Hall–Kier alpha value is -1.01. The van der Waals surface area contributed by atoms with E-state index in [1.807, 2.05) is 11.6 Å². The Morgan fingerprint density at radius 3 is 2.10 bits per heavy atom. The van der Waals surface area contributed by atoms with Crippen LogP contribution in [0.5, 0.6) is 0 Å². The lowest BCUT2D eigenvalue weighted by molar-refractivity contribution is 0.547. The highest BCUT2D eigenvalue weighted by atomic mass is 32.1. The van der Waals surface area contributed by atoms with E-state index in [0.29, 0.717) is 4.77 Å². The van der Waals surface area contributed by atoms with Gasteiger partial charge in [-0.3, -0.25) is 5.10 Å². The molecule has 0 saturated carbocycles. The van der Waals surface area contributed by atoms with Crippen LogP contribution in [-0.2, 0) is 17.9 Å². The average molecular weight is 310 g/mol. The Morgan fingerprint density at radius 2 is 1.70 bits per heavy atom. The largest absolute Gasteiger partial charge is 0.303 e. The first-order chi connectivity index (χ1) is 9.01. The average Bonchev–Trinajstić information content (AvgIpc) is 2.83. The number of rotatable bonds is 1. The second-order valence-electron chi connectivity index (χ2n) is 7.11. The van der Waals surface area contributed by atoms with Crippen LogP contribution in [0.2, 0.25) is 0 Å². The third kappa shape index (κ3) is 2.72. The maximum absolute atomic E-state index is 5.22. The van der Waals surface area contributed by atoms with Gasteiger partial charge in [0.1, 0.15) is 0 Å². The van der Waals surface area contributed by atoms with Crippen LogP contribution in [0.1, 0.15) is 52.2 Å². The number of H-pyrrole nitrogens is 1. The highest BCUT2D eigenvalue weighted by Gasteiger charge is 2.29. The van der Waals surface area contributed by atoms with Crippen LogP contribution in [0, 0.1) is 4.77 Å². The molecule has 20 heavy (non-hydrogen) atoms. The molecule has 1 N–H and O–H groups in total. The SMILES string of the molecule is Cn1c(-c2sc(C(C)(C)C)nc2C(C)(C)C)n[nH]c1=S. The molecular weight excluding hydrogens is 288 g/mol. The lowest BCUT2D eigenvalue weighted by Gasteiger charge is -2.18. The van der Waals surface area contributed by atoms with Crippen LogP contribution in [-0.4, -0.2) is 19.7 Å². The van der Waals surface area contributed by atoms with Crippen LogP contribution >= 0.6 is 23.6 Å². The summed E-state index contributed by atoms with van der Waals surface area (Å²) in [5, 5.41) is 8.36. The lowest BCUT2D eigenvalue weighted by Crippen LogP contribution is -2.16. The van der Waals surface area contributed by atoms with E-state index in [0.717, 1.165) is 21.4 Å². The Bertz CT molecular complexity index is 677. The number of thiazole rings is 1. The Labute approximate surface area is 129 Å². The van der Waals surface area contributed by atoms with Crippen LogP contribution in [0.15, 0.2) is 0 Å². The number of aromatic amines is 1. The van der Waals surface area contributed by atoms with E-state index in [-0.39, 0.29) is 10.8 Å². The van der Waals surface area contributed by atoms with Gasteiger partial charge in [0, 0.05) is 17.9 Å². The molecule has 0 aliphatic rings. The quantitative estimate of drug-likeness (QED) is 0.803. The second kappa shape index (κ2) is 4.77. The molecule has 2 heterocycles. The molecule has 0 atom stereocenters. The van der Waals surface area contributed by atoms with E-state index < -0.39 is 0 Å². The van der Waals surface area contributed by atoms with E-state index in [1.54, 1.807) is 11.3 Å². The van der Waals surface area contributed by atoms with E-state index >= 15 is 0 Å². The van der Waals surface area contributed by atoms with Crippen molar-refractivity contribution in [1.29, 1.82) is 0 Å². The van der Waals surface area contributed by atoms with Crippen molar-refractivity contribution in [2.75, 3.05) is 0 Å². The first-order valence-corrected chi connectivity index (χ1v) is 7.88. The van der Waals surface area contributed by atoms with Crippen molar-refractivity contribution in [2.45, 2.75) is 52.4 Å². The zero-order valence-corrected chi connectivity index (χ0v) is 14.8. The summed E-state index contributed by atoms with van der Waals surface area (Å²) in [6.45, 7) is 13.1. The first kappa shape index (κ1) is 15.4. The molecule has 4 nitrogen and oxygen atoms in total. The van der Waals surface area contributed by atoms with Gasteiger partial charge in [-0.1, -0.05) is 41.5 Å². The summed E-state index contributed by atoms with van der Waals surface area (Å²) < 4.78 is 2.54. The molecule has 110 valence electrons. The maximum atomic E-state index is 5.22. The van der Waals surface area contributed by atoms with Crippen molar-refractivity contribution in [3.05, 3.63) is 15.5 Å². The van der Waals surface area contributed by atoms with Crippen LogP contribution < -0.4 is 0 Å². The van der Waals surface area contributed by atoms with Crippen molar-refractivity contribution in [1.82, 2.24) is 19.7 Å². The first-order valence-electron chi connectivity index (χ1n) is 6.65. The molecule has 0 saturated heterocycles. The smallest absolute Gasteiger partial charge is 0.195 e. The molecular formula is C14H22N4S2. The molecule has 2 rings (SSSR count). The Balaban J connectivity index is 2.72. The molecule has 0 aliphatic carbocycles. The van der Waals surface area contributed by atoms with Gasteiger partial charge in [-0.25, -0.2) is 4.98 Å². The van der Waals surface area contributed by atoms with Gasteiger partial charge in [-0.2, -0.15) is 5.10 Å². The predicted octanol–water partition coefficient (Wildman–Crippen LogP) is 4.20. The van der Waals surface area contributed by atoms with Crippen LogP contribution in [0.25, 0.3) is 10.7 Å². The fourth-order valence-electron chi connectivity index (χ4n) is 1.85. The molecule has 0 bridgehead atoms. The number of hydrogen-bond acceptors (Lipinski definition) is 4. The van der Waals surface area contributed by atoms with Gasteiger partial charge < -0.3 is 4.57 Å². The minimum atomic E-state index is -0.0249. The summed E-state index contributed by atoms with van der Waals surface area (Å²) in [4.78, 5) is 6.01. The van der Waals surface area contributed by atoms with Gasteiger partial charge >= 0.3 is 0 Å². The third-order valence-electron chi connectivity index (χ3n) is 3.06. The Kier molecular flexibility index (Phi) is 3.67. The van der Waals surface area contributed by atoms with Crippen molar-refractivity contribution in [2.24, 2.45) is 7.05 Å². The molecule has 6 heteroatoms. The summed E-state index contributed by atoms with van der Waals surface area (Å²) >= 11 is 6.93. The third-order valence-corrected chi connectivity index (χ3v) is 4.90. The summed E-state index contributed by atoms with van der Waals surface area (Å²) in [6.07, 6.45) is 0. The van der Waals surface area contributed by atoms with Crippen molar-refractivity contribution < 1.29 is 0 Å². The monoisotopic (exact) mass is 310 g/mol. The molecule has 0 amide bonds. The predicted molar refractivity (Wildman–Crippen MR) is 86.9 cm³/mol. The summed E-state index contributed by atoms with van der Waals surface area (Å²) in [6, 6.07) is 0. The van der Waals surface area contributed by atoms with Gasteiger partial charge in [0.15, 0.2) is 10.6 Å². The molecule has 2 aromatic heterocycles. The molecule has 0 spiro atoms. The molecule has 0 unspecified atom stereocenters. The van der Waals surface area contributed by atoms with Gasteiger partial charge in [0.2, 0.25) is 0 Å². The van der Waals surface area contributed by atoms with Crippen molar-refractivity contribution in [3.63, 3.8) is 0 Å². The van der Waals surface area contributed by atoms with Crippen molar-refractivity contribution >= 4 is 23.6 Å². The van der Waals surface area contributed by atoms with Crippen LogP contribution in [0.4, 0.5) is 0 Å². The van der Waals surface area contributed by atoms with E-state index in [4.69, 9.17) is 17.2 Å². The zero-order valence-electron chi connectivity index (χ0n) is 13.2. The van der Waals surface area contributed by atoms with E-state index in [1.165, 1.54) is 0 Å². The Morgan fingerprint density at radius 1 is 1.10 bits per heavy atom. The maximum Gasteiger partial charge on any atom is 0.195 e. The molecule has 0 radical (unpaired) electrons. The van der Waals surface area contributed by atoms with Crippen molar-refractivity contribution in [3.8, 4) is 10.7 Å². The van der Waals surface area contributed by atoms with Gasteiger partial charge in [0.25, 0.3) is 0 Å². The highest BCUT2D eigenvalue weighted by molar-refractivity contribution is 7.71. The number of aromatic nitrogens is 4. The summed E-state index contributed by atoms with van der Waals surface area (Å²) in [5.74, 6) is 0.868. The standard InChI is InChI=1S/C14H22N4S2/c1-13(2,3)9-8(10-16-17-12(19)18(10)7)20-11(15-9)14(4,5)6/h1-7H3,(H,17,19). The zero-order chi connectivity index (χ0) is 15.3. The van der Waals surface area contributed by atoms with Gasteiger partial charge in [-0.15, -0.1) is 11.3 Å². The number of nitrogens with one attached hydrogen (secondary N) is 1. The van der Waals surface area contributed by atoms with Gasteiger partial charge in [-0.05, 0) is 12.2 Å². The minimum Gasteiger partial charge on any atom is -0.303 e. The minimum absolute atomic E-state index is 0.0249. The lowest BCUT2D eigenvalue weighted by atomic mass is 9.90. The van der Waals surface area contributed by atoms with Gasteiger partial charge in [0.05, 0.1) is 15.6 Å². The number of nitrogens with zero attached hydrogens (tertiary/aromatic N) is 3. The van der Waals surface area contributed by atoms with E-state index in [2.05, 4.69) is 51.7 Å². The topological polar surface area (TPSA) is 46.5 Å². The second-order valence-corrected chi connectivity index (χ2v) is 8.49. The molecule has 0 fully saturated rings. The summed E-state index contributed by atoms with van der Waals surface area (Å²) in [7, 11) is 1.93. The van der Waals surface area contributed by atoms with E-state index in [9.17, 15) is 0 Å². The van der Waals surface area contributed by atoms with Crippen LogP contribution in [0.3, 0.4) is 0 Å². The fourth-order valence-corrected chi connectivity index (χ4v) is 3.34. The molecule has 0 aliphatic heterocycles. The normalized spacial score (nSPS) is 12.9. The molecule has 0 aromatic carbocycles. The fraction of sp³-hybridized carbons (Fsp3) is 0.643. The molecule has 2 aromatic rings. The number of hydrogen-bond donors (Lipinski definition) is 1. The summed E-state index contributed by atoms with van der Waals surface area (Å²) in [5.41, 5.74) is 1.10.